The Morgan fingerprint density at radius 2 is 1.78 bits per heavy atom. The van der Waals surface area contributed by atoms with Crippen molar-refractivity contribution >= 4 is 35.5 Å². The van der Waals surface area contributed by atoms with Gasteiger partial charge in [-0.15, -0.1) is 20.4 Å². The minimum Gasteiger partial charge on any atom is -0.501 e. The van der Waals surface area contributed by atoms with Crippen molar-refractivity contribution in [1.82, 2.24) is 20.4 Å². The number of carbonyl (C=O) groups is 2. The monoisotopic (exact) mass is 414 g/mol. The van der Waals surface area contributed by atoms with Crippen LogP contribution in [0, 0.1) is 13.8 Å². The van der Waals surface area contributed by atoms with E-state index >= 15 is 0 Å². The highest BCUT2D eigenvalue weighted by Crippen LogP contribution is 2.45. The number of hydrogen-bond donors (Lipinski definition) is 1. The van der Waals surface area contributed by atoms with Crippen LogP contribution >= 0.6 is 23.5 Å². The summed E-state index contributed by atoms with van der Waals surface area (Å²) in [5.41, 5.74) is -1.92. The molecule has 1 aliphatic heterocycles. The first kappa shape index (κ1) is 19.2. The van der Waals surface area contributed by atoms with E-state index in [0.29, 0.717) is 5.89 Å². The number of hydrogen-bond acceptors (Lipinski definition) is 13. The van der Waals surface area contributed by atoms with Crippen LogP contribution in [-0.4, -0.2) is 55.4 Å². The Bertz CT molecular complexity index is 909. The molecule has 11 nitrogen and oxygen atoms in total. The van der Waals surface area contributed by atoms with Crippen molar-refractivity contribution in [2.75, 3.05) is 12.4 Å². The molecule has 3 heterocycles. The number of esters is 2. The molecule has 1 atom stereocenters. The number of thioether (sulfide) groups is 2. The summed E-state index contributed by atoms with van der Waals surface area (Å²) in [5, 5.41) is 25.4. The Balaban J connectivity index is 1.95. The van der Waals surface area contributed by atoms with Crippen LogP contribution in [0.3, 0.4) is 0 Å². The lowest BCUT2D eigenvalue weighted by Crippen LogP contribution is -2.44. The van der Waals surface area contributed by atoms with Crippen molar-refractivity contribution in [2.24, 2.45) is 0 Å². The summed E-state index contributed by atoms with van der Waals surface area (Å²) in [6, 6.07) is 0. The first-order valence-electron chi connectivity index (χ1n) is 7.61. The van der Waals surface area contributed by atoms with Gasteiger partial charge in [-0.05, 0) is 18.7 Å². The van der Waals surface area contributed by atoms with Crippen molar-refractivity contribution in [3.63, 3.8) is 0 Å². The van der Waals surface area contributed by atoms with Gasteiger partial charge in [0.25, 0.3) is 16.0 Å². The van der Waals surface area contributed by atoms with Crippen LogP contribution in [-0.2, 0) is 19.1 Å². The molecule has 0 fully saturated rings. The molecule has 27 heavy (non-hydrogen) atoms. The van der Waals surface area contributed by atoms with Crippen molar-refractivity contribution in [2.45, 2.75) is 36.8 Å². The zero-order valence-electron chi connectivity index (χ0n) is 14.4. The zero-order valence-corrected chi connectivity index (χ0v) is 16.0. The Morgan fingerprint density at radius 3 is 2.33 bits per heavy atom. The molecule has 0 spiro atoms. The number of cyclic esters (lactones) is 1. The van der Waals surface area contributed by atoms with Crippen LogP contribution < -0.4 is 0 Å². The molecule has 1 unspecified atom stereocenters. The molecular formula is C14H14N4O7S2. The van der Waals surface area contributed by atoms with Crippen LogP contribution in [0.25, 0.3) is 0 Å². The summed E-state index contributed by atoms with van der Waals surface area (Å²) in [4.78, 5) is 24.6. The molecule has 0 bridgehead atoms. The maximum Gasteiger partial charge on any atom is 0.375 e. The lowest BCUT2D eigenvalue weighted by atomic mass is 10.1. The number of aryl methyl sites for hydroxylation is 2. The molecule has 3 rings (SSSR count). The Labute approximate surface area is 160 Å². The summed E-state index contributed by atoms with van der Waals surface area (Å²) in [6.07, 6.45) is 0. The van der Waals surface area contributed by atoms with Gasteiger partial charge in [0, 0.05) is 13.8 Å². The normalized spacial score (nSPS) is 19.4. The summed E-state index contributed by atoms with van der Waals surface area (Å²) in [5.74, 6) is -2.21. The third-order valence-corrected chi connectivity index (χ3v) is 5.28. The number of aliphatic hydroxyl groups is 1. The quantitative estimate of drug-likeness (QED) is 0.516. The van der Waals surface area contributed by atoms with E-state index in [1.807, 2.05) is 0 Å². The fraction of sp³-hybridized carbons (Fsp3) is 0.429. The van der Waals surface area contributed by atoms with Gasteiger partial charge >= 0.3 is 11.9 Å². The van der Waals surface area contributed by atoms with Crippen molar-refractivity contribution < 1.29 is 33.0 Å². The molecule has 1 aliphatic rings. The Hall–Kier alpha value is -2.54. The molecule has 2 aromatic heterocycles. The standard InChI is InChI=1S/C14H14N4O7S2/c1-4-22-11(21)14(5-26-12-17-15-6(2)23-12)9(8(19)10(20)25-14)27-13-18-16-7(3)24-13/h19H,4-5H2,1-3H3. The molecule has 0 aromatic carbocycles. The van der Waals surface area contributed by atoms with Gasteiger partial charge in [0.1, 0.15) is 0 Å². The van der Waals surface area contributed by atoms with E-state index in [9.17, 15) is 14.7 Å². The molecule has 0 saturated heterocycles. The third-order valence-electron chi connectivity index (χ3n) is 3.25. The predicted molar refractivity (Wildman–Crippen MR) is 89.8 cm³/mol. The maximum absolute atomic E-state index is 12.7. The van der Waals surface area contributed by atoms with Gasteiger partial charge in [-0.25, -0.2) is 9.59 Å². The van der Waals surface area contributed by atoms with E-state index in [2.05, 4.69) is 20.4 Å². The van der Waals surface area contributed by atoms with E-state index < -0.39 is 23.3 Å². The van der Waals surface area contributed by atoms with Gasteiger partial charge in [-0.3, -0.25) is 0 Å². The Kier molecular flexibility index (Phi) is 5.41. The number of aliphatic hydroxyl groups excluding tert-OH is 1. The third kappa shape index (κ3) is 3.78. The lowest BCUT2D eigenvalue weighted by molar-refractivity contribution is -0.169. The second kappa shape index (κ2) is 7.60. The maximum atomic E-state index is 12.7. The van der Waals surface area contributed by atoms with Gasteiger partial charge in [0.2, 0.25) is 17.5 Å². The first-order chi connectivity index (χ1) is 12.9. The Morgan fingerprint density at radius 1 is 1.15 bits per heavy atom. The van der Waals surface area contributed by atoms with Crippen molar-refractivity contribution in [3.8, 4) is 0 Å². The minimum absolute atomic E-state index is 0.0275. The second-order valence-electron chi connectivity index (χ2n) is 5.18. The van der Waals surface area contributed by atoms with E-state index in [1.54, 1.807) is 20.8 Å². The van der Waals surface area contributed by atoms with Gasteiger partial charge in [-0.1, -0.05) is 11.8 Å². The van der Waals surface area contributed by atoms with Crippen molar-refractivity contribution in [3.05, 3.63) is 22.4 Å². The largest absolute Gasteiger partial charge is 0.501 e. The highest BCUT2D eigenvalue weighted by Gasteiger charge is 2.56. The predicted octanol–water partition coefficient (Wildman–Crippen LogP) is 1.58. The van der Waals surface area contributed by atoms with Gasteiger partial charge in [0.15, 0.2) is 0 Å². The van der Waals surface area contributed by atoms with E-state index in [-0.39, 0.29) is 33.6 Å². The average molecular weight is 414 g/mol. The molecule has 1 N–H and O–H groups in total. The minimum atomic E-state index is -1.92. The highest BCUT2D eigenvalue weighted by atomic mass is 32.2. The average Bonchev–Trinajstić information content (AvgIpc) is 3.29. The molecule has 0 radical (unpaired) electrons. The number of aromatic nitrogens is 4. The molecule has 0 saturated carbocycles. The van der Waals surface area contributed by atoms with Gasteiger partial charge in [0.05, 0.1) is 17.3 Å². The summed E-state index contributed by atoms with van der Waals surface area (Å²) in [7, 11) is 0. The van der Waals surface area contributed by atoms with Crippen LogP contribution in [0.1, 0.15) is 18.7 Å². The fourth-order valence-corrected chi connectivity index (χ4v) is 4.09. The van der Waals surface area contributed by atoms with E-state index in [1.165, 1.54) is 0 Å². The van der Waals surface area contributed by atoms with Gasteiger partial charge in [-0.2, -0.15) is 0 Å². The first-order valence-corrected chi connectivity index (χ1v) is 9.41. The molecule has 13 heteroatoms. The van der Waals surface area contributed by atoms with Crippen LogP contribution in [0.15, 0.2) is 29.9 Å². The smallest absolute Gasteiger partial charge is 0.375 e. The van der Waals surface area contributed by atoms with Crippen molar-refractivity contribution in [1.29, 1.82) is 0 Å². The summed E-state index contributed by atoms with van der Waals surface area (Å²) in [6.45, 7) is 4.84. The number of nitrogens with zero attached hydrogens (tertiary/aromatic N) is 4. The molecule has 0 aliphatic carbocycles. The summed E-state index contributed by atoms with van der Waals surface area (Å²) >= 11 is 1.72. The number of carbonyl (C=O) groups excluding carboxylic acids is 2. The molecular weight excluding hydrogens is 400 g/mol. The molecule has 2 aromatic rings. The highest BCUT2D eigenvalue weighted by molar-refractivity contribution is 8.03. The fourth-order valence-electron chi connectivity index (χ4n) is 2.11. The van der Waals surface area contributed by atoms with Crippen LogP contribution in [0.4, 0.5) is 0 Å². The topological polar surface area (TPSA) is 151 Å². The zero-order chi connectivity index (χ0) is 19.6. The SMILES string of the molecule is CCOC(=O)C1(CSc2nnc(C)o2)OC(=O)C(O)=C1Sc1nnc(C)o1. The number of rotatable bonds is 7. The van der Waals surface area contributed by atoms with Crippen LogP contribution in [0.5, 0.6) is 0 Å². The second-order valence-corrected chi connectivity index (χ2v) is 7.07. The number of ether oxygens (including phenoxy) is 2. The van der Waals surface area contributed by atoms with Gasteiger partial charge < -0.3 is 23.4 Å². The molecule has 144 valence electrons. The summed E-state index contributed by atoms with van der Waals surface area (Å²) < 4.78 is 20.8. The molecule has 0 amide bonds. The lowest BCUT2D eigenvalue weighted by Gasteiger charge is -2.26. The van der Waals surface area contributed by atoms with E-state index in [4.69, 9.17) is 18.3 Å². The van der Waals surface area contributed by atoms with Crippen LogP contribution in [0.2, 0.25) is 0 Å². The van der Waals surface area contributed by atoms with E-state index in [0.717, 1.165) is 23.5 Å².